The Balaban J connectivity index is 1.98. The second-order valence-corrected chi connectivity index (χ2v) is 5.98. The van der Waals surface area contributed by atoms with E-state index in [2.05, 4.69) is 19.0 Å². The number of carbonyl (C=O) groups excluding carboxylic acids is 1. The molecule has 0 radical (unpaired) electrons. The number of hydrogen-bond acceptors (Lipinski definition) is 4. The first-order valence-electron chi connectivity index (χ1n) is 7.60. The molecule has 4 nitrogen and oxygen atoms in total. The van der Waals surface area contributed by atoms with Crippen LogP contribution in [0.1, 0.15) is 36.0 Å². The van der Waals surface area contributed by atoms with E-state index in [1.807, 2.05) is 0 Å². The average molecular weight is 291 g/mol. The van der Waals surface area contributed by atoms with Gasteiger partial charge in [-0.25, -0.2) is 4.79 Å². The van der Waals surface area contributed by atoms with Crippen LogP contribution in [0.3, 0.4) is 0 Å². The van der Waals surface area contributed by atoms with Gasteiger partial charge in [-0.15, -0.1) is 0 Å². The van der Waals surface area contributed by atoms with E-state index in [1.54, 1.807) is 31.4 Å². The van der Waals surface area contributed by atoms with Crippen LogP contribution in [0.4, 0.5) is 0 Å². The molecule has 1 aromatic rings. The highest BCUT2D eigenvalue weighted by atomic mass is 16.5. The second-order valence-electron chi connectivity index (χ2n) is 5.98. The number of nitrogens with zero attached hydrogens (tertiary/aromatic N) is 1. The zero-order chi connectivity index (χ0) is 15.2. The molecule has 21 heavy (non-hydrogen) atoms. The van der Waals surface area contributed by atoms with Gasteiger partial charge in [-0.3, -0.25) is 0 Å². The first kappa shape index (κ1) is 15.8. The van der Waals surface area contributed by atoms with Crippen molar-refractivity contribution in [2.75, 3.05) is 27.7 Å². The number of rotatable bonds is 5. The molecule has 0 aliphatic heterocycles. The monoisotopic (exact) mass is 291 g/mol. The SMILES string of the molecule is COc1ccc(C(=O)O[C@H]2CCCC[C@H]2CN(C)C)cc1. The summed E-state index contributed by atoms with van der Waals surface area (Å²) in [6.45, 7) is 0.973. The minimum Gasteiger partial charge on any atom is -0.497 e. The summed E-state index contributed by atoms with van der Waals surface area (Å²) >= 11 is 0. The van der Waals surface area contributed by atoms with E-state index in [1.165, 1.54) is 6.42 Å². The highest BCUT2D eigenvalue weighted by molar-refractivity contribution is 5.89. The zero-order valence-corrected chi connectivity index (χ0v) is 13.2. The van der Waals surface area contributed by atoms with Crippen LogP contribution in [0.25, 0.3) is 0 Å². The molecule has 1 aliphatic rings. The van der Waals surface area contributed by atoms with Crippen LogP contribution in [0.5, 0.6) is 5.75 Å². The summed E-state index contributed by atoms with van der Waals surface area (Å²) in [5.41, 5.74) is 0.588. The summed E-state index contributed by atoms with van der Waals surface area (Å²) in [6.07, 6.45) is 4.52. The molecule has 0 unspecified atom stereocenters. The van der Waals surface area contributed by atoms with Crippen LogP contribution in [0.15, 0.2) is 24.3 Å². The third kappa shape index (κ3) is 4.46. The standard InChI is InChI=1S/C17H25NO3/c1-18(2)12-14-6-4-5-7-16(14)21-17(19)13-8-10-15(20-3)11-9-13/h8-11,14,16H,4-7,12H2,1-3H3/t14-,16-/m0/s1. The van der Waals surface area contributed by atoms with E-state index < -0.39 is 0 Å². The van der Waals surface area contributed by atoms with E-state index in [0.29, 0.717) is 11.5 Å². The number of hydrogen-bond donors (Lipinski definition) is 0. The van der Waals surface area contributed by atoms with Crippen LogP contribution in [0.2, 0.25) is 0 Å². The van der Waals surface area contributed by atoms with Crippen LogP contribution in [0, 0.1) is 5.92 Å². The largest absolute Gasteiger partial charge is 0.497 e. The van der Waals surface area contributed by atoms with E-state index >= 15 is 0 Å². The lowest BCUT2D eigenvalue weighted by atomic mass is 9.86. The van der Waals surface area contributed by atoms with Crippen LogP contribution >= 0.6 is 0 Å². The third-order valence-electron chi connectivity index (χ3n) is 4.02. The van der Waals surface area contributed by atoms with Crippen LogP contribution in [-0.4, -0.2) is 44.7 Å². The maximum atomic E-state index is 12.3. The fourth-order valence-corrected chi connectivity index (χ4v) is 2.94. The number of ether oxygens (including phenoxy) is 2. The van der Waals surface area contributed by atoms with Crippen LogP contribution < -0.4 is 4.74 Å². The van der Waals surface area contributed by atoms with Crippen molar-refractivity contribution in [3.8, 4) is 5.75 Å². The smallest absolute Gasteiger partial charge is 0.338 e. The molecule has 1 aliphatic carbocycles. The van der Waals surface area contributed by atoms with Crippen molar-refractivity contribution in [3.63, 3.8) is 0 Å². The fraction of sp³-hybridized carbons (Fsp3) is 0.588. The van der Waals surface area contributed by atoms with E-state index in [-0.39, 0.29) is 12.1 Å². The zero-order valence-electron chi connectivity index (χ0n) is 13.2. The molecule has 0 bridgehead atoms. The molecule has 4 heteroatoms. The van der Waals surface area contributed by atoms with Gasteiger partial charge in [-0.05, 0) is 57.6 Å². The predicted molar refractivity (Wildman–Crippen MR) is 82.7 cm³/mol. The summed E-state index contributed by atoms with van der Waals surface area (Å²) < 4.78 is 10.9. The molecule has 2 atom stereocenters. The maximum Gasteiger partial charge on any atom is 0.338 e. The summed E-state index contributed by atoms with van der Waals surface area (Å²) in [6, 6.07) is 7.08. The molecule has 1 aromatic carbocycles. The van der Waals surface area contributed by atoms with E-state index in [0.717, 1.165) is 31.6 Å². The molecule has 0 aromatic heterocycles. The number of carbonyl (C=O) groups is 1. The molecule has 1 saturated carbocycles. The number of methoxy groups -OCH3 is 1. The van der Waals surface area contributed by atoms with Gasteiger partial charge in [0.25, 0.3) is 0 Å². The molecular formula is C17H25NO3. The van der Waals surface area contributed by atoms with Gasteiger partial charge >= 0.3 is 5.97 Å². The van der Waals surface area contributed by atoms with Crippen molar-refractivity contribution in [2.24, 2.45) is 5.92 Å². The van der Waals surface area contributed by atoms with E-state index in [4.69, 9.17) is 9.47 Å². The highest BCUT2D eigenvalue weighted by Crippen LogP contribution is 2.28. The second kappa shape index (κ2) is 7.46. The minimum absolute atomic E-state index is 0.0377. The van der Waals surface area contributed by atoms with Gasteiger partial charge in [0.2, 0.25) is 0 Å². The Kier molecular flexibility index (Phi) is 5.62. The van der Waals surface area contributed by atoms with Crippen molar-refractivity contribution in [1.29, 1.82) is 0 Å². The van der Waals surface area contributed by atoms with Gasteiger partial charge in [0.15, 0.2) is 0 Å². The lowest BCUT2D eigenvalue weighted by Gasteiger charge is -2.32. The Labute approximate surface area is 127 Å². The third-order valence-corrected chi connectivity index (χ3v) is 4.02. The Morgan fingerprint density at radius 3 is 2.48 bits per heavy atom. The Hall–Kier alpha value is -1.55. The summed E-state index contributed by atoms with van der Waals surface area (Å²) in [7, 11) is 5.75. The molecule has 116 valence electrons. The molecule has 0 N–H and O–H groups in total. The molecule has 2 rings (SSSR count). The Morgan fingerprint density at radius 1 is 1.19 bits per heavy atom. The van der Waals surface area contributed by atoms with Crippen molar-refractivity contribution < 1.29 is 14.3 Å². The number of esters is 1. The lowest BCUT2D eigenvalue weighted by Crippen LogP contribution is -2.36. The van der Waals surface area contributed by atoms with Gasteiger partial charge in [0.1, 0.15) is 11.9 Å². The van der Waals surface area contributed by atoms with Gasteiger partial charge in [0.05, 0.1) is 12.7 Å². The van der Waals surface area contributed by atoms with Gasteiger partial charge in [-0.2, -0.15) is 0 Å². The van der Waals surface area contributed by atoms with Crippen molar-refractivity contribution >= 4 is 5.97 Å². The lowest BCUT2D eigenvalue weighted by molar-refractivity contribution is -0.00324. The fourth-order valence-electron chi connectivity index (χ4n) is 2.94. The highest BCUT2D eigenvalue weighted by Gasteiger charge is 2.29. The van der Waals surface area contributed by atoms with Gasteiger partial charge in [0, 0.05) is 12.5 Å². The molecule has 0 saturated heterocycles. The quantitative estimate of drug-likeness (QED) is 0.782. The molecule has 0 spiro atoms. The molecular weight excluding hydrogens is 266 g/mol. The van der Waals surface area contributed by atoms with Crippen molar-refractivity contribution in [3.05, 3.63) is 29.8 Å². The normalized spacial score (nSPS) is 22.1. The maximum absolute atomic E-state index is 12.3. The van der Waals surface area contributed by atoms with Crippen molar-refractivity contribution in [1.82, 2.24) is 4.90 Å². The van der Waals surface area contributed by atoms with Gasteiger partial charge in [-0.1, -0.05) is 6.42 Å². The molecule has 0 heterocycles. The summed E-state index contributed by atoms with van der Waals surface area (Å²) in [5, 5.41) is 0. The minimum atomic E-state index is -0.228. The first-order valence-corrected chi connectivity index (χ1v) is 7.60. The molecule has 1 fully saturated rings. The summed E-state index contributed by atoms with van der Waals surface area (Å²) in [4.78, 5) is 14.4. The van der Waals surface area contributed by atoms with Crippen molar-refractivity contribution in [2.45, 2.75) is 31.8 Å². The number of benzene rings is 1. The Morgan fingerprint density at radius 2 is 1.86 bits per heavy atom. The first-order chi connectivity index (χ1) is 10.1. The van der Waals surface area contributed by atoms with E-state index in [9.17, 15) is 4.79 Å². The van der Waals surface area contributed by atoms with Crippen LogP contribution in [-0.2, 0) is 4.74 Å². The Bertz CT molecular complexity index is 456. The molecule has 0 amide bonds. The predicted octanol–water partition coefficient (Wildman–Crippen LogP) is 2.97. The topological polar surface area (TPSA) is 38.8 Å². The average Bonchev–Trinajstić information content (AvgIpc) is 2.49. The van der Waals surface area contributed by atoms with Gasteiger partial charge < -0.3 is 14.4 Å². The summed E-state index contributed by atoms with van der Waals surface area (Å²) in [5.74, 6) is 0.957.